The van der Waals surface area contributed by atoms with Crippen molar-refractivity contribution >= 4 is 54.8 Å². The van der Waals surface area contributed by atoms with Gasteiger partial charge in [-0.25, -0.2) is 18.4 Å². The standard InChI is InChI=1S/C20H22BrClN4O4S/c1-20(9-12-3-5-14(7-12)26-28,19(27)25-18-11-23-17(21)10-24-18)13-4-6-16(15(22)8-13)31(2,29)30/h4,6,8,10-12,28H,3,5,7,9H2,1-2H3,(H,24,25,27)/b26-14-. The van der Waals surface area contributed by atoms with Gasteiger partial charge in [-0.2, -0.15) is 0 Å². The summed E-state index contributed by atoms with van der Waals surface area (Å²) in [7, 11) is -3.50. The fourth-order valence-corrected chi connectivity index (χ4v) is 5.40. The van der Waals surface area contributed by atoms with Crippen molar-refractivity contribution < 1.29 is 18.4 Å². The topological polar surface area (TPSA) is 122 Å². The third-order valence-electron chi connectivity index (χ3n) is 5.54. The maximum atomic E-state index is 13.4. The maximum absolute atomic E-state index is 13.4. The molecule has 1 fully saturated rings. The first-order valence-electron chi connectivity index (χ1n) is 9.52. The monoisotopic (exact) mass is 528 g/mol. The van der Waals surface area contributed by atoms with Crippen LogP contribution in [-0.4, -0.2) is 41.5 Å². The van der Waals surface area contributed by atoms with Gasteiger partial charge in [0.25, 0.3) is 0 Å². The van der Waals surface area contributed by atoms with E-state index in [0.29, 0.717) is 41.0 Å². The van der Waals surface area contributed by atoms with Crippen LogP contribution in [-0.2, 0) is 20.0 Å². The fourth-order valence-electron chi connectivity index (χ4n) is 3.87. The highest BCUT2D eigenvalue weighted by Crippen LogP contribution is 2.40. The van der Waals surface area contributed by atoms with Gasteiger partial charge in [0.05, 0.1) is 33.4 Å². The molecular formula is C20H22BrClN4O4S. The van der Waals surface area contributed by atoms with Crippen LogP contribution in [0.1, 0.15) is 38.2 Å². The van der Waals surface area contributed by atoms with E-state index in [2.05, 4.69) is 36.4 Å². The van der Waals surface area contributed by atoms with Crippen LogP contribution in [0.2, 0.25) is 5.02 Å². The molecule has 2 unspecified atom stereocenters. The lowest BCUT2D eigenvalue weighted by Gasteiger charge is -2.31. The summed E-state index contributed by atoms with van der Waals surface area (Å²) < 4.78 is 24.4. The Balaban J connectivity index is 1.98. The van der Waals surface area contributed by atoms with Gasteiger partial charge in [-0.1, -0.05) is 22.8 Å². The highest BCUT2D eigenvalue weighted by molar-refractivity contribution is 9.10. The van der Waals surface area contributed by atoms with Crippen LogP contribution in [0.15, 0.2) is 45.2 Å². The fraction of sp³-hybridized carbons (Fsp3) is 0.400. The van der Waals surface area contributed by atoms with Crippen molar-refractivity contribution in [2.24, 2.45) is 11.1 Å². The van der Waals surface area contributed by atoms with Crippen molar-refractivity contribution in [1.29, 1.82) is 0 Å². The van der Waals surface area contributed by atoms with Gasteiger partial charge in [-0.15, -0.1) is 0 Å². The zero-order valence-corrected chi connectivity index (χ0v) is 20.1. The summed E-state index contributed by atoms with van der Waals surface area (Å²) >= 11 is 9.48. The number of carbonyl (C=O) groups is 1. The zero-order chi connectivity index (χ0) is 22.8. The Kier molecular flexibility index (Phi) is 7.02. The third kappa shape index (κ3) is 5.42. The van der Waals surface area contributed by atoms with Crippen LogP contribution in [0.5, 0.6) is 0 Å². The number of anilines is 1. The molecule has 1 heterocycles. The van der Waals surface area contributed by atoms with Crippen LogP contribution in [0.25, 0.3) is 0 Å². The minimum atomic E-state index is -3.50. The van der Waals surface area contributed by atoms with Crippen molar-refractivity contribution in [3.05, 3.63) is 45.8 Å². The Morgan fingerprint density at radius 2 is 2.13 bits per heavy atom. The predicted octanol–water partition coefficient (Wildman–Crippen LogP) is 4.21. The smallest absolute Gasteiger partial charge is 0.235 e. The number of halogens is 2. The van der Waals surface area contributed by atoms with Crippen LogP contribution in [0, 0.1) is 5.92 Å². The SMILES string of the molecule is CC(CC1CC/C(=N/O)C1)(C(=O)Nc1cnc(Br)cn1)c1ccc(S(C)(=O)=O)c(Cl)c1. The van der Waals surface area contributed by atoms with E-state index < -0.39 is 15.3 Å². The number of rotatable bonds is 6. The summed E-state index contributed by atoms with van der Waals surface area (Å²) in [6, 6.07) is 4.57. The van der Waals surface area contributed by atoms with Gasteiger partial charge in [0.2, 0.25) is 5.91 Å². The van der Waals surface area contributed by atoms with Crippen LogP contribution in [0.3, 0.4) is 0 Å². The Bertz CT molecular complexity index is 1120. The second-order valence-electron chi connectivity index (χ2n) is 7.91. The highest BCUT2D eigenvalue weighted by Gasteiger charge is 2.40. The van der Waals surface area contributed by atoms with Gasteiger partial charge in [-0.05, 0) is 72.2 Å². The lowest BCUT2D eigenvalue weighted by Crippen LogP contribution is -2.39. The first-order chi connectivity index (χ1) is 14.5. The maximum Gasteiger partial charge on any atom is 0.235 e. The number of sulfone groups is 1. The molecule has 0 saturated heterocycles. The molecule has 3 rings (SSSR count). The number of aromatic nitrogens is 2. The van der Waals surface area contributed by atoms with Crippen molar-refractivity contribution in [2.75, 3.05) is 11.6 Å². The zero-order valence-electron chi connectivity index (χ0n) is 17.0. The van der Waals surface area contributed by atoms with E-state index in [-0.39, 0.29) is 21.7 Å². The van der Waals surface area contributed by atoms with E-state index in [1.165, 1.54) is 24.5 Å². The van der Waals surface area contributed by atoms with Crippen molar-refractivity contribution in [1.82, 2.24) is 9.97 Å². The lowest BCUT2D eigenvalue weighted by molar-refractivity contribution is -0.121. The first kappa shape index (κ1) is 23.6. The number of benzene rings is 1. The van der Waals surface area contributed by atoms with Gasteiger partial charge >= 0.3 is 0 Å². The van der Waals surface area contributed by atoms with Gasteiger partial charge in [0.1, 0.15) is 4.60 Å². The molecule has 1 aliphatic carbocycles. The Hall–Kier alpha value is -2.04. The number of nitrogens with zero attached hydrogens (tertiary/aromatic N) is 3. The number of amides is 1. The molecule has 11 heteroatoms. The highest BCUT2D eigenvalue weighted by atomic mass is 79.9. The van der Waals surface area contributed by atoms with E-state index in [4.69, 9.17) is 16.8 Å². The van der Waals surface area contributed by atoms with Crippen molar-refractivity contribution in [3.8, 4) is 0 Å². The van der Waals surface area contributed by atoms with Crippen molar-refractivity contribution in [3.63, 3.8) is 0 Å². The molecule has 2 aromatic rings. The van der Waals surface area contributed by atoms with E-state index in [1.807, 2.05) is 0 Å². The average molecular weight is 530 g/mol. The first-order valence-corrected chi connectivity index (χ1v) is 12.6. The van der Waals surface area contributed by atoms with Crippen LogP contribution >= 0.6 is 27.5 Å². The molecular weight excluding hydrogens is 508 g/mol. The molecule has 0 spiro atoms. The lowest BCUT2D eigenvalue weighted by atomic mass is 9.74. The van der Waals surface area contributed by atoms with Gasteiger partial charge in [0, 0.05) is 6.26 Å². The van der Waals surface area contributed by atoms with E-state index >= 15 is 0 Å². The van der Waals surface area contributed by atoms with Gasteiger partial charge < -0.3 is 10.5 Å². The second-order valence-corrected chi connectivity index (χ2v) is 11.1. The molecule has 2 atom stereocenters. The third-order valence-corrected chi connectivity index (χ3v) is 7.52. The molecule has 1 saturated carbocycles. The number of hydrogen-bond acceptors (Lipinski definition) is 7. The Morgan fingerprint density at radius 3 is 2.68 bits per heavy atom. The van der Waals surface area contributed by atoms with Gasteiger partial charge in [0.15, 0.2) is 15.7 Å². The molecule has 0 aliphatic heterocycles. The second kappa shape index (κ2) is 9.22. The molecule has 0 radical (unpaired) electrons. The normalized spacial score (nSPS) is 19.9. The van der Waals surface area contributed by atoms with E-state index in [0.717, 1.165) is 12.7 Å². The molecule has 166 valence electrons. The molecule has 1 aliphatic rings. The molecule has 1 aromatic heterocycles. The van der Waals surface area contributed by atoms with Crippen molar-refractivity contribution in [2.45, 2.75) is 42.9 Å². The Labute approximate surface area is 194 Å². The minimum Gasteiger partial charge on any atom is -0.411 e. The number of carbonyl (C=O) groups excluding carboxylic acids is 1. The van der Waals surface area contributed by atoms with Gasteiger partial charge in [-0.3, -0.25) is 4.79 Å². The minimum absolute atomic E-state index is 0.00928. The quantitative estimate of drug-likeness (QED) is 0.427. The largest absolute Gasteiger partial charge is 0.411 e. The predicted molar refractivity (Wildman–Crippen MR) is 121 cm³/mol. The summed E-state index contributed by atoms with van der Waals surface area (Å²) in [6.07, 6.45) is 6.50. The molecule has 1 amide bonds. The van der Waals surface area contributed by atoms with E-state index in [9.17, 15) is 13.2 Å². The molecule has 1 aromatic carbocycles. The molecule has 31 heavy (non-hydrogen) atoms. The molecule has 0 bridgehead atoms. The summed E-state index contributed by atoms with van der Waals surface area (Å²) in [5.74, 6) is 0.0926. The van der Waals surface area contributed by atoms with Crippen LogP contribution in [0.4, 0.5) is 5.82 Å². The summed E-state index contributed by atoms with van der Waals surface area (Å²) in [5, 5.41) is 15.3. The summed E-state index contributed by atoms with van der Waals surface area (Å²) in [4.78, 5) is 21.6. The van der Waals surface area contributed by atoms with E-state index in [1.54, 1.807) is 13.0 Å². The molecule has 8 nitrogen and oxygen atoms in total. The number of hydrogen-bond donors (Lipinski definition) is 2. The summed E-state index contributed by atoms with van der Waals surface area (Å²) in [6.45, 7) is 1.79. The number of oxime groups is 1. The summed E-state index contributed by atoms with van der Waals surface area (Å²) in [5.41, 5.74) is 0.253. The molecule has 2 N–H and O–H groups in total. The number of nitrogens with one attached hydrogen (secondary N) is 1. The average Bonchev–Trinajstić information content (AvgIpc) is 3.16. The Morgan fingerprint density at radius 1 is 1.39 bits per heavy atom. The van der Waals surface area contributed by atoms with Crippen LogP contribution < -0.4 is 5.32 Å².